The lowest BCUT2D eigenvalue weighted by atomic mass is 9.93. The van der Waals surface area contributed by atoms with Gasteiger partial charge in [-0.3, -0.25) is 0 Å². The Balaban J connectivity index is 1.63. The fraction of sp³-hybridized carbons (Fsp3) is 0. The molecule has 0 unspecified atom stereocenters. The van der Waals surface area contributed by atoms with E-state index in [1.165, 1.54) is 32.3 Å². The van der Waals surface area contributed by atoms with E-state index in [0.29, 0.717) is 0 Å². The average molecular weight is 396 g/mol. The molecule has 0 saturated carbocycles. The van der Waals surface area contributed by atoms with Crippen molar-refractivity contribution < 1.29 is 0 Å². The molecule has 0 amide bonds. The topological polar surface area (TPSA) is 3.24 Å². The molecular weight excluding hydrogens is 374 g/mol. The van der Waals surface area contributed by atoms with Crippen molar-refractivity contribution >= 4 is 55.5 Å². The van der Waals surface area contributed by atoms with Gasteiger partial charge in [0.2, 0.25) is 0 Å². The molecule has 0 N–H and O–H groups in total. The van der Waals surface area contributed by atoms with E-state index in [2.05, 4.69) is 121 Å². The smallest absolute Gasteiger partial charge is 0.0473 e. The number of anilines is 3. The van der Waals surface area contributed by atoms with E-state index in [1.807, 2.05) is 6.08 Å². The van der Waals surface area contributed by atoms with Gasteiger partial charge in [0.05, 0.1) is 0 Å². The molecule has 0 heterocycles. The summed E-state index contributed by atoms with van der Waals surface area (Å²) in [6, 6.07) is 39.2. The third-order valence-corrected chi connectivity index (χ3v) is 6.11. The Morgan fingerprint density at radius 2 is 1.03 bits per heavy atom. The van der Waals surface area contributed by atoms with Gasteiger partial charge >= 0.3 is 0 Å². The van der Waals surface area contributed by atoms with Crippen molar-refractivity contribution in [3.63, 3.8) is 0 Å². The molecule has 0 aliphatic rings. The number of para-hydroxylation sites is 1. The van der Waals surface area contributed by atoms with E-state index in [4.69, 9.17) is 0 Å². The lowest BCUT2D eigenvalue weighted by Crippen LogP contribution is -2.09. The van der Waals surface area contributed by atoms with Gasteiger partial charge < -0.3 is 4.90 Å². The maximum absolute atomic E-state index is 3.89. The average Bonchev–Trinajstić information content (AvgIpc) is 2.84. The first kappa shape index (κ1) is 17.7. The number of hydrogen-bond donors (Lipinski definition) is 0. The van der Waals surface area contributed by atoms with Crippen LogP contribution < -0.4 is 4.90 Å². The SMILES string of the molecule is C=Cc1ccc(N(c2ccccc2)c2cc3ccc4cccc5ccc(c2)c3c45)cc1. The third kappa shape index (κ3) is 2.86. The lowest BCUT2D eigenvalue weighted by molar-refractivity contribution is 1.29. The highest BCUT2D eigenvalue weighted by molar-refractivity contribution is 6.23. The Labute approximate surface area is 181 Å². The number of hydrogen-bond acceptors (Lipinski definition) is 1. The first-order valence-corrected chi connectivity index (χ1v) is 10.6. The molecule has 0 fully saturated rings. The molecule has 0 aliphatic carbocycles. The highest BCUT2D eigenvalue weighted by Gasteiger charge is 2.15. The van der Waals surface area contributed by atoms with Crippen LogP contribution in [-0.4, -0.2) is 0 Å². The van der Waals surface area contributed by atoms with E-state index in [1.54, 1.807) is 0 Å². The van der Waals surface area contributed by atoms with Crippen LogP contribution in [0.3, 0.4) is 0 Å². The van der Waals surface area contributed by atoms with Crippen LogP contribution in [0.4, 0.5) is 17.1 Å². The zero-order valence-electron chi connectivity index (χ0n) is 17.1. The summed E-state index contributed by atoms with van der Waals surface area (Å²) in [5, 5.41) is 7.81. The second kappa shape index (κ2) is 7.00. The zero-order chi connectivity index (χ0) is 20.8. The first-order chi connectivity index (χ1) is 15.3. The van der Waals surface area contributed by atoms with Crippen LogP contribution in [0.15, 0.2) is 116 Å². The van der Waals surface area contributed by atoms with Crippen molar-refractivity contribution in [2.45, 2.75) is 0 Å². The minimum Gasteiger partial charge on any atom is -0.310 e. The number of rotatable bonds is 4. The van der Waals surface area contributed by atoms with Crippen molar-refractivity contribution in [1.82, 2.24) is 0 Å². The molecule has 0 aromatic heterocycles. The Hall–Kier alpha value is -4.10. The summed E-state index contributed by atoms with van der Waals surface area (Å²) in [6.07, 6.45) is 1.88. The molecule has 0 aliphatic heterocycles. The minimum absolute atomic E-state index is 1.12. The van der Waals surface area contributed by atoms with Crippen molar-refractivity contribution in [2.75, 3.05) is 4.90 Å². The van der Waals surface area contributed by atoms with E-state index < -0.39 is 0 Å². The van der Waals surface area contributed by atoms with Crippen LogP contribution in [0.1, 0.15) is 5.56 Å². The standard InChI is InChI=1S/C30H21N/c1-2-21-11-17-27(18-12-21)31(26-9-4-3-5-10-26)28-19-24-15-13-22-7-6-8-23-14-16-25(20-28)30(24)29(22)23/h2-20H,1H2. The monoisotopic (exact) mass is 395 g/mol. The highest BCUT2D eigenvalue weighted by atomic mass is 15.1. The normalized spacial score (nSPS) is 11.4. The van der Waals surface area contributed by atoms with Gasteiger partial charge in [0.25, 0.3) is 0 Å². The summed E-state index contributed by atoms with van der Waals surface area (Å²) >= 11 is 0. The fourth-order valence-electron chi connectivity index (χ4n) is 4.65. The largest absolute Gasteiger partial charge is 0.310 e. The molecule has 1 nitrogen and oxygen atoms in total. The Morgan fingerprint density at radius 3 is 1.65 bits per heavy atom. The van der Waals surface area contributed by atoms with Crippen LogP contribution in [0.2, 0.25) is 0 Å². The highest BCUT2D eigenvalue weighted by Crippen LogP contribution is 2.41. The van der Waals surface area contributed by atoms with Crippen molar-refractivity contribution in [1.29, 1.82) is 0 Å². The van der Waals surface area contributed by atoms with Gasteiger partial charge in [-0.25, -0.2) is 0 Å². The molecule has 0 radical (unpaired) electrons. The Bertz CT molecular complexity index is 1460. The zero-order valence-corrected chi connectivity index (χ0v) is 17.1. The molecule has 0 spiro atoms. The van der Waals surface area contributed by atoms with Crippen molar-refractivity contribution in [2.24, 2.45) is 0 Å². The molecule has 6 aromatic carbocycles. The van der Waals surface area contributed by atoms with Crippen LogP contribution in [0, 0.1) is 0 Å². The summed E-state index contributed by atoms with van der Waals surface area (Å²) < 4.78 is 0. The predicted molar refractivity (Wildman–Crippen MR) is 135 cm³/mol. The molecule has 31 heavy (non-hydrogen) atoms. The summed E-state index contributed by atoms with van der Waals surface area (Å²) in [4.78, 5) is 2.32. The molecule has 0 atom stereocenters. The predicted octanol–water partition coefficient (Wildman–Crippen LogP) is 8.70. The number of benzene rings is 6. The quantitative estimate of drug-likeness (QED) is 0.270. The summed E-state index contributed by atoms with van der Waals surface area (Å²) in [5.41, 5.74) is 4.54. The third-order valence-electron chi connectivity index (χ3n) is 6.11. The summed E-state index contributed by atoms with van der Waals surface area (Å²) in [5.74, 6) is 0. The van der Waals surface area contributed by atoms with Crippen LogP contribution in [-0.2, 0) is 0 Å². The van der Waals surface area contributed by atoms with E-state index in [9.17, 15) is 0 Å². The van der Waals surface area contributed by atoms with Crippen molar-refractivity contribution in [3.8, 4) is 0 Å². The molecule has 146 valence electrons. The summed E-state index contributed by atoms with van der Waals surface area (Å²) in [7, 11) is 0. The Kier molecular flexibility index (Phi) is 4.00. The van der Waals surface area contributed by atoms with Gasteiger partial charge in [0, 0.05) is 17.1 Å². The van der Waals surface area contributed by atoms with Gasteiger partial charge in [-0.2, -0.15) is 0 Å². The van der Waals surface area contributed by atoms with Gasteiger partial charge in [0.1, 0.15) is 0 Å². The second-order valence-corrected chi connectivity index (χ2v) is 7.94. The molecule has 6 rings (SSSR count). The van der Waals surface area contributed by atoms with E-state index >= 15 is 0 Å². The van der Waals surface area contributed by atoms with Gasteiger partial charge in [-0.1, -0.05) is 85.5 Å². The van der Waals surface area contributed by atoms with Gasteiger partial charge in [-0.15, -0.1) is 0 Å². The second-order valence-electron chi connectivity index (χ2n) is 7.94. The summed E-state index contributed by atoms with van der Waals surface area (Å²) in [6.45, 7) is 3.89. The maximum atomic E-state index is 3.89. The molecule has 6 aromatic rings. The van der Waals surface area contributed by atoms with Crippen LogP contribution in [0.25, 0.3) is 38.4 Å². The van der Waals surface area contributed by atoms with E-state index in [-0.39, 0.29) is 0 Å². The fourth-order valence-corrected chi connectivity index (χ4v) is 4.65. The maximum Gasteiger partial charge on any atom is 0.0473 e. The molecule has 1 heteroatoms. The number of nitrogens with zero attached hydrogens (tertiary/aromatic N) is 1. The first-order valence-electron chi connectivity index (χ1n) is 10.6. The van der Waals surface area contributed by atoms with E-state index in [0.717, 1.165) is 22.6 Å². The molecular formula is C30H21N. The minimum atomic E-state index is 1.12. The van der Waals surface area contributed by atoms with Crippen LogP contribution >= 0.6 is 0 Å². The van der Waals surface area contributed by atoms with Crippen LogP contribution in [0.5, 0.6) is 0 Å². The Morgan fingerprint density at radius 1 is 0.484 bits per heavy atom. The van der Waals surface area contributed by atoms with Gasteiger partial charge in [-0.05, 0) is 74.3 Å². The molecule has 0 bridgehead atoms. The lowest BCUT2D eigenvalue weighted by Gasteiger charge is -2.26. The molecule has 0 saturated heterocycles. The van der Waals surface area contributed by atoms with Crippen molar-refractivity contribution in [3.05, 3.63) is 121 Å². The van der Waals surface area contributed by atoms with Gasteiger partial charge in [0.15, 0.2) is 0 Å².